The van der Waals surface area contributed by atoms with Gasteiger partial charge in [-0.05, 0) is 30.1 Å². The summed E-state index contributed by atoms with van der Waals surface area (Å²) in [7, 11) is 0. The van der Waals surface area contributed by atoms with Gasteiger partial charge in [0.1, 0.15) is 0 Å². The summed E-state index contributed by atoms with van der Waals surface area (Å²) in [5.74, 6) is 0. The molecule has 1 aliphatic carbocycles. The first kappa shape index (κ1) is 9.01. The van der Waals surface area contributed by atoms with E-state index >= 15 is 0 Å². The lowest BCUT2D eigenvalue weighted by molar-refractivity contribution is 0.339. The molecule has 0 amide bonds. The van der Waals surface area contributed by atoms with Crippen molar-refractivity contribution in [3.63, 3.8) is 0 Å². The van der Waals surface area contributed by atoms with E-state index in [0.717, 1.165) is 6.61 Å². The summed E-state index contributed by atoms with van der Waals surface area (Å²) in [5, 5.41) is 1.17. The number of ether oxygens (including phenoxy) is 1. The maximum Gasteiger partial charge on any atom is 0.0810 e. The first-order valence-electron chi connectivity index (χ1n) is 4.77. The molecule has 2 heteroatoms. The molecule has 2 atom stereocenters. The van der Waals surface area contributed by atoms with Crippen molar-refractivity contribution in [2.24, 2.45) is 10.8 Å². The molecule has 70 valence electrons. The molecule has 0 aromatic carbocycles. The van der Waals surface area contributed by atoms with Gasteiger partial charge >= 0.3 is 0 Å². The van der Waals surface area contributed by atoms with E-state index in [1.807, 2.05) is 0 Å². The lowest BCUT2D eigenvalue weighted by atomic mass is 9.92. The molecule has 1 heterocycles. The van der Waals surface area contributed by atoms with Gasteiger partial charge in [-0.15, -0.1) is 0 Å². The van der Waals surface area contributed by atoms with Gasteiger partial charge in [-0.25, -0.2) is 0 Å². The molecule has 1 nitrogen and oxygen atoms in total. The Morgan fingerprint density at radius 2 is 2.08 bits per heavy atom. The number of alkyl halides is 1. The number of rotatable bonds is 4. The molecular formula is C10H17BrO. The Balaban J connectivity index is 1.83. The van der Waals surface area contributed by atoms with Gasteiger partial charge in [-0.2, -0.15) is 0 Å². The monoisotopic (exact) mass is 232 g/mol. The molecule has 0 bridgehead atoms. The van der Waals surface area contributed by atoms with Gasteiger partial charge in [-0.3, -0.25) is 0 Å². The van der Waals surface area contributed by atoms with Gasteiger partial charge in [0.15, 0.2) is 0 Å². The highest BCUT2D eigenvalue weighted by Crippen LogP contribution is 2.66. The summed E-state index contributed by atoms with van der Waals surface area (Å²) in [5.41, 5.74) is 1.17. The van der Waals surface area contributed by atoms with Gasteiger partial charge in [0.25, 0.3) is 0 Å². The van der Waals surface area contributed by atoms with Gasteiger partial charge in [0.2, 0.25) is 0 Å². The predicted octanol–water partition coefficient (Wildman–Crippen LogP) is 2.98. The minimum atomic E-state index is 0.575. The average molecular weight is 233 g/mol. The van der Waals surface area contributed by atoms with Crippen LogP contribution in [0.15, 0.2) is 0 Å². The van der Waals surface area contributed by atoms with E-state index in [4.69, 9.17) is 4.74 Å². The number of hydrogen-bond acceptors (Lipinski definition) is 1. The van der Waals surface area contributed by atoms with E-state index in [1.165, 1.54) is 24.6 Å². The molecule has 2 unspecified atom stereocenters. The van der Waals surface area contributed by atoms with Crippen LogP contribution < -0.4 is 0 Å². The zero-order valence-corrected chi connectivity index (χ0v) is 9.49. The second kappa shape index (κ2) is 2.71. The first-order valence-corrected chi connectivity index (χ1v) is 5.89. The summed E-state index contributed by atoms with van der Waals surface area (Å²) >= 11 is 3.64. The number of epoxide rings is 1. The highest BCUT2D eigenvalue weighted by molar-refractivity contribution is 9.09. The van der Waals surface area contributed by atoms with Crippen molar-refractivity contribution in [1.82, 2.24) is 0 Å². The normalized spacial score (nSPS) is 42.8. The summed E-state index contributed by atoms with van der Waals surface area (Å²) < 4.78 is 5.23. The van der Waals surface area contributed by atoms with Crippen LogP contribution in [-0.2, 0) is 4.74 Å². The molecule has 2 fully saturated rings. The minimum absolute atomic E-state index is 0.575. The van der Waals surface area contributed by atoms with E-state index in [2.05, 4.69) is 29.8 Å². The van der Waals surface area contributed by atoms with E-state index < -0.39 is 0 Å². The smallest absolute Gasteiger partial charge is 0.0810 e. The highest BCUT2D eigenvalue weighted by Gasteiger charge is 2.59. The summed E-state index contributed by atoms with van der Waals surface area (Å²) in [6.07, 6.45) is 4.61. The van der Waals surface area contributed by atoms with Gasteiger partial charge in [-0.1, -0.05) is 29.8 Å². The van der Waals surface area contributed by atoms with Gasteiger partial charge < -0.3 is 4.74 Å². The van der Waals surface area contributed by atoms with Gasteiger partial charge in [0.05, 0.1) is 12.7 Å². The summed E-state index contributed by atoms with van der Waals surface area (Å²) in [4.78, 5) is 0. The maximum absolute atomic E-state index is 5.23. The zero-order valence-electron chi connectivity index (χ0n) is 7.90. The Labute approximate surface area is 83.0 Å². The fourth-order valence-corrected chi connectivity index (χ4v) is 3.43. The molecule has 1 aliphatic heterocycles. The molecule has 1 saturated carbocycles. The van der Waals surface area contributed by atoms with Crippen LogP contribution in [0.25, 0.3) is 0 Å². The van der Waals surface area contributed by atoms with Crippen molar-refractivity contribution in [3.8, 4) is 0 Å². The Kier molecular flexibility index (Phi) is 2.04. The maximum atomic E-state index is 5.23. The molecule has 1 saturated heterocycles. The van der Waals surface area contributed by atoms with Crippen molar-refractivity contribution >= 4 is 15.9 Å². The van der Waals surface area contributed by atoms with Crippen molar-refractivity contribution in [1.29, 1.82) is 0 Å². The Morgan fingerprint density at radius 1 is 1.50 bits per heavy atom. The van der Waals surface area contributed by atoms with Crippen LogP contribution in [0, 0.1) is 10.8 Å². The fraction of sp³-hybridized carbons (Fsp3) is 1.00. The van der Waals surface area contributed by atoms with Crippen LogP contribution in [0.3, 0.4) is 0 Å². The molecule has 0 radical (unpaired) electrons. The third-order valence-electron chi connectivity index (χ3n) is 3.69. The van der Waals surface area contributed by atoms with Crippen molar-refractivity contribution in [3.05, 3.63) is 0 Å². The molecule has 0 aromatic heterocycles. The largest absolute Gasteiger partial charge is 0.373 e. The van der Waals surface area contributed by atoms with Crippen LogP contribution in [-0.4, -0.2) is 18.0 Å². The van der Waals surface area contributed by atoms with Crippen molar-refractivity contribution in [2.45, 2.75) is 39.2 Å². The Morgan fingerprint density at radius 3 is 2.42 bits per heavy atom. The van der Waals surface area contributed by atoms with Crippen LogP contribution in [0.1, 0.15) is 33.1 Å². The Hall–Kier alpha value is 0.440. The number of hydrogen-bond donors (Lipinski definition) is 0. The lowest BCUT2D eigenvalue weighted by Crippen LogP contribution is -2.11. The third-order valence-corrected chi connectivity index (χ3v) is 4.77. The first-order chi connectivity index (χ1) is 5.60. The highest BCUT2D eigenvalue weighted by atomic mass is 79.9. The summed E-state index contributed by atoms with van der Waals surface area (Å²) in [6, 6.07) is 0. The fourth-order valence-electron chi connectivity index (χ4n) is 2.20. The topological polar surface area (TPSA) is 12.5 Å². The molecule has 12 heavy (non-hydrogen) atoms. The van der Waals surface area contributed by atoms with Crippen LogP contribution >= 0.6 is 15.9 Å². The quantitative estimate of drug-likeness (QED) is 0.537. The minimum Gasteiger partial charge on any atom is -0.373 e. The van der Waals surface area contributed by atoms with E-state index in [-0.39, 0.29) is 0 Å². The van der Waals surface area contributed by atoms with Crippen LogP contribution in [0.2, 0.25) is 0 Å². The molecule has 0 spiro atoms. The average Bonchev–Trinajstić information content (AvgIpc) is 2.85. The van der Waals surface area contributed by atoms with E-state index in [9.17, 15) is 0 Å². The predicted molar refractivity (Wildman–Crippen MR) is 53.6 cm³/mol. The van der Waals surface area contributed by atoms with E-state index in [0.29, 0.717) is 16.9 Å². The van der Waals surface area contributed by atoms with Crippen molar-refractivity contribution < 1.29 is 4.74 Å². The molecule has 2 rings (SSSR count). The van der Waals surface area contributed by atoms with Gasteiger partial charge in [0, 0.05) is 5.33 Å². The molecule has 0 aromatic rings. The lowest BCUT2D eigenvalue weighted by Gasteiger charge is -2.16. The SMILES string of the molecule is CC1(C)CC1(CBr)CCC1CO1. The Bertz CT molecular complexity index is 186. The molecular weight excluding hydrogens is 216 g/mol. The summed E-state index contributed by atoms with van der Waals surface area (Å²) in [6.45, 7) is 5.77. The zero-order chi connectivity index (χ0) is 8.82. The van der Waals surface area contributed by atoms with Crippen LogP contribution in [0.5, 0.6) is 0 Å². The van der Waals surface area contributed by atoms with Crippen molar-refractivity contribution in [2.75, 3.05) is 11.9 Å². The third kappa shape index (κ3) is 1.44. The standard InChI is InChI=1S/C10H17BrO/c1-9(2)6-10(9,7-11)4-3-8-5-12-8/h8H,3-7H2,1-2H3. The number of halogens is 1. The second-order valence-electron chi connectivity index (χ2n) is 4.97. The van der Waals surface area contributed by atoms with E-state index in [1.54, 1.807) is 0 Å². The second-order valence-corrected chi connectivity index (χ2v) is 5.53. The van der Waals surface area contributed by atoms with Crippen LogP contribution in [0.4, 0.5) is 0 Å². The molecule has 2 aliphatic rings. The molecule has 0 N–H and O–H groups in total.